The van der Waals surface area contributed by atoms with E-state index in [9.17, 15) is 9.18 Å². The average molecular weight is 236 g/mol. The molecule has 5 heteroatoms. The van der Waals surface area contributed by atoms with E-state index in [1.807, 2.05) is 5.38 Å². The molecule has 0 saturated carbocycles. The van der Waals surface area contributed by atoms with Gasteiger partial charge in [-0.3, -0.25) is 4.79 Å². The Morgan fingerprint density at radius 2 is 2.25 bits per heavy atom. The maximum atomic E-state index is 13.2. The predicted molar refractivity (Wildman–Crippen MR) is 59.7 cm³/mol. The molecule has 3 nitrogen and oxygen atoms in total. The first kappa shape index (κ1) is 10.8. The number of hydrogen-bond acceptors (Lipinski definition) is 3. The van der Waals surface area contributed by atoms with Crippen LogP contribution in [0.5, 0.6) is 0 Å². The van der Waals surface area contributed by atoms with Crippen LogP contribution in [0.25, 0.3) is 0 Å². The van der Waals surface area contributed by atoms with E-state index < -0.39 is 11.7 Å². The Morgan fingerprint density at radius 1 is 1.44 bits per heavy atom. The Bertz CT molecular complexity index is 484. The lowest BCUT2D eigenvalue weighted by Gasteiger charge is -2.03. The van der Waals surface area contributed by atoms with Crippen molar-refractivity contribution in [1.82, 2.24) is 10.3 Å². The van der Waals surface area contributed by atoms with Gasteiger partial charge in [0.05, 0.1) is 12.1 Å². The molecule has 0 aliphatic rings. The van der Waals surface area contributed by atoms with Crippen LogP contribution in [-0.2, 0) is 6.54 Å². The maximum absolute atomic E-state index is 13.2. The lowest BCUT2D eigenvalue weighted by atomic mass is 10.2. The Hall–Kier alpha value is -1.75. The van der Waals surface area contributed by atoms with Gasteiger partial charge in [-0.15, -0.1) is 11.3 Å². The van der Waals surface area contributed by atoms with Crippen LogP contribution in [-0.4, -0.2) is 10.9 Å². The summed E-state index contributed by atoms with van der Waals surface area (Å²) >= 11 is 1.44. The molecule has 2 aromatic rings. The highest BCUT2D eigenvalue weighted by molar-refractivity contribution is 7.09. The molecule has 1 N–H and O–H groups in total. The van der Waals surface area contributed by atoms with E-state index in [1.165, 1.54) is 23.5 Å². The van der Waals surface area contributed by atoms with Crippen molar-refractivity contribution in [1.29, 1.82) is 0 Å². The van der Waals surface area contributed by atoms with Crippen molar-refractivity contribution in [2.45, 2.75) is 6.54 Å². The van der Waals surface area contributed by atoms with Gasteiger partial charge in [0.1, 0.15) is 10.8 Å². The minimum atomic E-state index is -0.515. The Labute approximate surface area is 96.0 Å². The molecule has 0 bridgehead atoms. The molecule has 2 rings (SSSR count). The number of aromatic nitrogens is 1. The number of nitrogens with zero attached hydrogens (tertiary/aromatic N) is 1. The number of nitrogens with one attached hydrogen (secondary N) is 1. The fourth-order valence-electron chi connectivity index (χ4n) is 1.24. The molecule has 82 valence electrons. The molecule has 0 unspecified atom stereocenters. The van der Waals surface area contributed by atoms with Gasteiger partial charge in [0.25, 0.3) is 5.91 Å². The molecule has 1 heterocycles. The minimum absolute atomic E-state index is 0.0547. The molecule has 1 aromatic heterocycles. The first-order chi connectivity index (χ1) is 7.77. The standard InChI is InChI=1S/C11H9FN2OS/c12-9-4-2-1-3-8(9)11(15)14-7-10-13-5-6-16-10/h1-6H,7H2,(H,14,15). The largest absolute Gasteiger partial charge is 0.345 e. The number of halogens is 1. The summed E-state index contributed by atoms with van der Waals surface area (Å²) in [4.78, 5) is 15.6. The van der Waals surface area contributed by atoms with Crippen LogP contribution in [0.1, 0.15) is 15.4 Å². The first-order valence-corrected chi connectivity index (χ1v) is 5.56. The monoisotopic (exact) mass is 236 g/mol. The molecule has 0 atom stereocenters. The van der Waals surface area contributed by atoms with Gasteiger partial charge in [-0.05, 0) is 12.1 Å². The van der Waals surface area contributed by atoms with E-state index in [-0.39, 0.29) is 5.56 Å². The molecule has 1 aromatic carbocycles. The smallest absolute Gasteiger partial charge is 0.254 e. The number of carbonyl (C=O) groups is 1. The number of hydrogen-bond donors (Lipinski definition) is 1. The quantitative estimate of drug-likeness (QED) is 0.887. The summed E-state index contributed by atoms with van der Waals surface area (Å²) in [5, 5.41) is 5.23. The Morgan fingerprint density at radius 3 is 2.94 bits per heavy atom. The summed E-state index contributed by atoms with van der Waals surface area (Å²) in [6, 6.07) is 5.89. The third-order valence-electron chi connectivity index (χ3n) is 2.00. The fraction of sp³-hybridized carbons (Fsp3) is 0.0909. The topological polar surface area (TPSA) is 42.0 Å². The van der Waals surface area contributed by atoms with Crippen molar-refractivity contribution >= 4 is 17.2 Å². The van der Waals surface area contributed by atoms with Gasteiger partial charge in [0.15, 0.2) is 0 Å². The van der Waals surface area contributed by atoms with E-state index in [4.69, 9.17) is 0 Å². The van der Waals surface area contributed by atoms with Gasteiger partial charge in [-0.1, -0.05) is 12.1 Å². The van der Waals surface area contributed by atoms with Gasteiger partial charge in [0.2, 0.25) is 0 Å². The molecule has 16 heavy (non-hydrogen) atoms. The van der Waals surface area contributed by atoms with Gasteiger partial charge in [-0.25, -0.2) is 9.37 Å². The van der Waals surface area contributed by atoms with Gasteiger partial charge in [0, 0.05) is 11.6 Å². The lowest BCUT2D eigenvalue weighted by Crippen LogP contribution is -2.23. The predicted octanol–water partition coefficient (Wildman–Crippen LogP) is 2.21. The third-order valence-corrected chi connectivity index (χ3v) is 2.78. The summed E-state index contributed by atoms with van der Waals surface area (Å²) in [6.45, 7) is 0.324. The molecule has 1 amide bonds. The maximum Gasteiger partial charge on any atom is 0.254 e. The fourth-order valence-corrected chi connectivity index (χ4v) is 1.79. The van der Waals surface area contributed by atoms with Crippen molar-refractivity contribution in [2.75, 3.05) is 0 Å². The SMILES string of the molecule is O=C(NCc1nccs1)c1ccccc1F. The summed E-state index contributed by atoms with van der Waals surface area (Å²) in [5.41, 5.74) is 0.0547. The zero-order valence-electron chi connectivity index (χ0n) is 8.31. The molecule has 0 spiro atoms. The summed E-state index contributed by atoms with van der Waals surface area (Å²) in [7, 11) is 0. The van der Waals surface area contributed by atoms with Crippen molar-refractivity contribution in [3.63, 3.8) is 0 Å². The number of amides is 1. The molecular weight excluding hydrogens is 227 g/mol. The van der Waals surface area contributed by atoms with E-state index in [0.29, 0.717) is 6.54 Å². The van der Waals surface area contributed by atoms with Gasteiger partial charge < -0.3 is 5.32 Å². The highest BCUT2D eigenvalue weighted by atomic mass is 32.1. The zero-order chi connectivity index (χ0) is 11.4. The molecule has 0 radical (unpaired) electrons. The Balaban J connectivity index is 2.01. The lowest BCUT2D eigenvalue weighted by molar-refractivity contribution is 0.0947. The summed E-state index contributed by atoms with van der Waals surface area (Å²) in [5.74, 6) is -0.938. The number of rotatable bonds is 3. The zero-order valence-corrected chi connectivity index (χ0v) is 9.13. The highest BCUT2D eigenvalue weighted by Gasteiger charge is 2.10. The number of thiazole rings is 1. The summed E-state index contributed by atoms with van der Waals surface area (Å²) in [6.07, 6.45) is 1.66. The van der Waals surface area contributed by atoms with Crippen LogP contribution >= 0.6 is 11.3 Å². The first-order valence-electron chi connectivity index (χ1n) is 4.68. The molecule has 0 saturated heterocycles. The van der Waals surface area contributed by atoms with E-state index in [0.717, 1.165) is 5.01 Å². The van der Waals surface area contributed by atoms with Crippen molar-refractivity contribution in [3.8, 4) is 0 Å². The van der Waals surface area contributed by atoms with Gasteiger partial charge >= 0.3 is 0 Å². The van der Waals surface area contributed by atoms with Crippen molar-refractivity contribution < 1.29 is 9.18 Å². The second-order valence-electron chi connectivity index (χ2n) is 3.09. The van der Waals surface area contributed by atoms with E-state index in [1.54, 1.807) is 18.3 Å². The van der Waals surface area contributed by atoms with Crippen LogP contribution in [0, 0.1) is 5.82 Å². The van der Waals surface area contributed by atoms with Crippen LogP contribution in [0.2, 0.25) is 0 Å². The minimum Gasteiger partial charge on any atom is -0.345 e. The van der Waals surface area contributed by atoms with Crippen molar-refractivity contribution in [3.05, 3.63) is 52.2 Å². The van der Waals surface area contributed by atoms with Crippen LogP contribution < -0.4 is 5.32 Å². The molecule has 0 aliphatic heterocycles. The third kappa shape index (κ3) is 2.43. The molecular formula is C11H9FN2OS. The van der Waals surface area contributed by atoms with Crippen LogP contribution in [0.15, 0.2) is 35.8 Å². The van der Waals surface area contributed by atoms with Crippen LogP contribution in [0.4, 0.5) is 4.39 Å². The van der Waals surface area contributed by atoms with Crippen molar-refractivity contribution in [2.24, 2.45) is 0 Å². The van der Waals surface area contributed by atoms with Gasteiger partial charge in [-0.2, -0.15) is 0 Å². The molecule has 0 fully saturated rings. The van der Waals surface area contributed by atoms with E-state index >= 15 is 0 Å². The number of benzene rings is 1. The normalized spacial score (nSPS) is 10.1. The molecule has 0 aliphatic carbocycles. The number of carbonyl (C=O) groups excluding carboxylic acids is 1. The second kappa shape index (κ2) is 4.85. The second-order valence-corrected chi connectivity index (χ2v) is 4.07. The van der Waals surface area contributed by atoms with Crippen LogP contribution in [0.3, 0.4) is 0 Å². The highest BCUT2D eigenvalue weighted by Crippen LogP contribution is 2.07. The Kier molecular flexibility index (Phi) is 3.26. The van der Waals surface area contributed by atoms with E-state index in [2.05, 4.69) is 10.3 Å². The average Bonchev–Trinajstić information content (AvgIpc) is 2.79. The summed E-state index contributed by atoms with van der Waals surface area (Å²) < 4.78 is 13.2.